The third-order valence-corrected chi connectivity index (χ3v) is 4.94. The lowest BCUT2D eigenvalue weighted by Gasteiger charge is -2.13. The summed E-state index contributed by atoms with van der Waals surface area (Å²) in [5.41, 5.74) is 7.64. The molecule has 4 N–H and O–H groups in total. The van der Waals surface area contributed by atoms with Crippen LogP contribution in [0.25, 0.3) is 0 Å². The van der Waals surface area contributed by atoms with E-state index in [1.165, 1.54) is 13.1 Å². The standard InChI is InChI=1S/C14H16BrN3O2S/c1-17-21(19,20)14-8-12(16)6-7-13(14)18-9-10-2-4-11(15)5-3-10/h2-8,17-18H,9,16H2,1H3. The van der Waals surface area contributed by atoms with Gasteiger partial charge in [0.15, 0.2) is 0 Å². The largest absolute Gasteiger partial charge is 0.399 e. The summed E-state index contributed by atoms with van der Waals surface area (Å²) in [6.45, 7) is 0.517. The van der Waals surface area contributed by atoms with E-state index in [0.29, 0.717) is 17.9 Å². The lowest BCUT2D eigenvalue weighted by molar-refractivity contribution is 0.588. The van der Waals surface area contributed by atoms with Crippen molar-refractivity contribution < 1.29 is 8.42 Å². The molecule has 0 heterocycles. The molecule has 5 nitrogen and oxygen atoms in total. The number of nitrogens with one attached hydrogen (secondary N) is 2. The van der Waals surface area contributed by atoms with Gasteiger partial charge in [0.05, 0.1) is 5.69 Å². The van der Waals surface area contributed by atoms with Crippen molar-refractivity contribution in [2.24, 2.45) is 0 Å². The predicted molar refractivity (Wildman–Crippen MR) is 88.6 cm³/mol. The Hall–Kier alpha value is -1.57. The van der Waals surface area contributed by atoms with Crippen molar-refractivity contribution in [1.82, 2.24) is 4.72 Å². The molecule has 0 saturated heterocycles. The third kappa shape index (κ3) is 3.96. The summed E-state index contributed by atoms with van der Waals surface area (Å²) >= 11 is 3.37. The van der Waals surface area contributed by atoms with Gasteiger partial charge in [-0.25, -0.2) is 13.1 Å². The summed E-state index contributed by atoms with van der Waals surface area (Å²) in [7, 11) is -2.19. The summed E-state index contributed by atoms with van der Waals surface area (Å²) in [4.78, 5) is 0.141. The van der Waals surface area contributed by atoms with Crippen LogP contribution in [0.3, 0.4) is 0 Å². The Morgan fingerprint density at radius 1 is 1.14 bits per heavy atom. The van der Waals surface area contributed by atoms with Crippen LogP contribution in [0.5, 0.6) is 0 Å². The zero-order valence-corrected chi connectivity index (χ0v) is 13.8. The van der Waals surface area contributed by atoms with Crippen LogP contribution in [-0.2, 0) is 16.6 Å². The number of nitrogen functional groups attached to an aromatic ring is 1. The minimum atomic E-state index is -3.56. The number of sulfonamides is 1. The first kappa shape index (κ1) is 15.8. The molecule has 0 amide bonds. The molecule has 0 atom stereocenters. The van der Waals surface area contributed by atoms with Crippen LogP contribution in [0.15, 0.2) is 51.8 Å². The average molecular weight is 370 g/mol. The molecule has 0 unspecified atom stereocenters. The van der Waals surface area contributed by atoms with E-state index in [4.69, 9.17) is 5.73 Å². The van der Waals surface area contributed by atoms with Gasteiger partial charge >= 0.3 is 0 Å². The maximum Gasteiger partial charge on any atom is 0.242 e. The Morgan fingerprint density at radius 3 is 2.43 bits per heavy atom. The Kier molecular flexibility index (Phi) is 4.87. The van der Waals surface area contributed by atoms with E-state index >= 15 is 0 Å². The summed E-state index contributed by atoms with van der Waals surface area (Å²) in [5.74, 6) is 0. The zero-order valence-electron chi connectivity index (χ0n) is 11.4. The second-order valence-corrected chi connectivity index (χ2v) is 7.21. The van der Waals surface area contributed by atoms with Gasteiger partial charge in [-0.3, -0.25) is 0 Å². The summed E-state index contributed by atoms with van der Waals surface area (Å²) < 4.78 is 27.3. The molecule has 0 radical (unpaired) electrons. The van der Waals surface area contributed by atoms with Crippen LogP contribution in [0.2, 0.25) is 0 Å². The molecule has 21 heavy (non-hydrogen) atoms. The van der Waals surface area contributed by atoms with E-state index in [1.807, 2.05) is 24.3 Å². The minimum absolute atomic E-state index is 0.141. The molecule has 2 aromatic carbocycles. The molecule has 7 heteroatoms. The molecule has 0 aromatic heterocycles. The van der Waals surface area contributed by atoms with Crippen molar-refractivity contribution in [3.8, 4) is 0 Å². The smallest absolute Gasteiger partial charge is 0.242 e. The van der Waals surface area contributed by atoms with E-state index in [0.717, 1.165) is 10.0 Å². The highest BCUT2D eigenvalue weighted by molar-refractivity contribution is 9.10. The van der Waals surface area contributed by atoms with E-state index in [1.54, 1.807) is 12.1 Å². The van der Waals surface area contributed by atoms with Crippen molar-refractivity contribution in [3.63, 3.8) is 0 Å². The van der Waals surface area contributed by atoms with E-state index < -0.39 is 10.0 Å². The Bertz CT molecular complexity index is 730. The highest BCUT2D eigenvalue weighted by atomic mass is 79.9. The SMILES string of the molecule is CNS(=O)(=O)c1cc(N)ccc1NCc1ccc(Br)cc1. The maximum absolute atomic E-state index is 12.0. The number of hydrogen-bond donors (Lipinski definition) is 3. The van der Waals surface area contributed by atoms with Crippen molar-refractivity contribution in [2.45, 2.75) is 11.4 Å². The first-order chi connectivity index (χ1) is 9.92. The number of nitrogens with two attached hydrogens (primary N) is 1. The number of benzene rings is 2. The van der Waals surface area contributed by atoms with Crippen molar-refractivity contribution >= 4 is 37.3 Å². The van der Waals surface area contributed by atoms with Gasteiger partial charge in [0.2, 0.25) is 10.0 Å². The summed E-state index contributed by atoms with van der Waals surface area (Å²) in [5, 5.41) is 3.13. The summed E-state index contributed by atoms with van der Waals surface area (Å²) in [6, 6.07) is 12.6. The Morgan fingerprint density at radius 2 is 1.81 bits per heavy atom. The van der Waals surface area contributed by atoms with Gasteiger partial charge in [0.1, 0.15) is 4.90 Å². The fourth-order valence-electron chi connectivity index (χ4n) is 1.82. The van der Waals surface area contributed by atoms with Crippen LogP contribution in [0, 0.1) is 0 Å². The van der Waals surface area contributed by atoms with Gasteiger partial charge in [0, 0.05) is 16.7 Å². The molecule has 0 aliphatic carbocycles. The minimum Gasteiger partial charge on any atom is -0.399 e. The van der Waals surface area contributed by atoms with Gasteiger partial charge < -0.3 is 11.1 Å². The van der Waals surface area contributed by atoms with Crippen LogP contribution in [0.4, 0.5) is 11.4 Å². The summed E-state index contributed by atoms with van der Waals surface area (Å²) in [6.07, 6.45) is 0. The lowest BCUT2D eigenvalue weighted by Crippen LogP contribution is -2.20. The molecule has 0 aliphatic heterocycles. The van der Waals surface area contributed by atoms with Crippen LogP contribution < -0.4 is 15.8 Å². The fraction of sp³-hybridized carbons (Fsp3) is 0.143. The topological polar surface area (TPSA) is 84.2 Å². The van der Waals surface area contributed by atoms with Gasteiger partial charge in [-0.05, 0) is 42.9 Å². The zero-order chi connectivity index (χ0) is 15.5. The molecule has 2 rings (SSSR count). The second-order valence-electron chi connectivity index (χ2n) is 4.44. The Balaban J connectivity index is 2.26. The van der Waals surface area contributed by atoms with Crippen molar-refractivity contribution in [3.05, 3.63) is 52.5 Å². The lowest BCUT2D eigenvalue weighted by atomic mass is 10.2. The quantitative estimate of drug-likeness (QED) is 0.707. The highest BCUT2D eigenvalue weighted by Gasteiger charge is 2.16. The molecule has 0 spiro atoms. The number of halogens is 1. The van der Waals surface area contributed by atoms with E-state index in [-0.39, 0.29) is 4.90 Å². The van der Waals surface area contributed by atoms with E-state index in [2.05, 4.69) is 26.0 Å². The fourth-order valence-corrected chi connectivity index (χ4v) is 3.02. The van der Waals surface area contributed by atoms with Gasteiger partial charge in [0.25, 0.3) is 0 Å². The highest BCUT2D eigenvalue weighted by Crippen LogP contribution is 2.24. The molecule has 112 valence electrons. The van der Waals surface area contributed by atoms with Crippen molar-refractivity contribution in [2.75, 3.05) is 18.1 Å². The first-order valence-electron chi connectivity index (χ1n) is 6.24. The number of rotatable bonds is 5. The number of hydrogen-bond acceptors (Lipinski definition) is 4. The second kappa shape index (κ2) is 6.46. The molecule has 0 aliphatic rings. The van der Waals surface area contributed by atoms with Gasteiger partial charge in [-0.15, -0.1) is 0 Å². The van der Waals surface area contributed by atoms with Crippen molar-refractivity contribution in [1.29, 1.82) is 0 Å². The normalized spacial score (nSPS) is 11.3. The maximum atomic E-state index is 12.0. The monoisotopic (exact) mass is 369 g/mol. The first-order valence-corrected chi connectivity index (χ1v) is 8.51. The third-order valence-electron chi connectivity index (χ3n) is 2.96. The molecule has 0 fully saturated rings. The van der Waals surface area contributed by atoms with Crippen LogP contribution in [0.1, 0.15) is 5.56 Å². The average Bonchev–Trinajstić information content (AvgIpc) is 2.47. The molecular formula is C14H16BrN3O2S. The Labute approximate surface area is 132 Å². The van der Waals surface area contributed by atoms with Crippen LogP contribution in [-0.4, -0.2) is 15.5 Å². The van der Waals surface area contributed by atoms with Crippen LogP contribution >= 0.6 is 15.9 Å². The van der Waals surface area contributed by atoms with E-state index in [9.17, 15) is 8.42 Å². The molecule has 2 aromatic rings. The molecular weight excluding hydrogens is 354 g/mol. The molecule has 0 bridgehead atoms. The number of anilines is 2. The predicted octanol–water partition coefficient (Wildman–Crippen LogP) is 2.55. The molecule has 0 saturated carbocycles. The van der Waals surface area contributed by atoms with Gasteiger partial charge in [-0.1, -0.05) is 28.1 Å². The van der Waals surface area contributed by atoms with Gasteiger partial charge in [-0.2, -0.15) is 0 Å².